The van der Waals surface area contributed by atoms with E-state index in [0.717, 1.165) is 5.69 Å². The minimum Gasteiger partial charge on any atom is -0.315 e. The number of aromatic nitrogens is 1. The minimum atomic E-state index is -3.71. The topological polar surface area (TPSA) is 96.0 Å². The highest BCUT2D eigenvalue weighted by molar-refractivity contribution is 7.72. The molecule has 0 amide bonds. The zero-order valence-electron chi connectivity index (χ0n) is 16.6. The molecule has 0 aliphatic heterocycles. The van der Waals surface area contributed by atoms with E-state index >= 15 is 0 Å². The van der Waals surface area contributed by atoms with Crippen molar-refractivity contribution in [1.29, 1.82) is 0 Å². The highest BCUT2D eigenvalue weighted by atomic mass is 31.2. The van der Waals surface area contributed by atoms with Gasteiger partial charge in [0.15, 0.2) is 5.40 Å². The molecule has 8 nitrogen and oxygen atoms in total. The molecular weight excluding hydrogens is 390 g/mol. The molecule has 0 fully saturated rings. The van der Waals surface area contributed by atoms with Gasteiger partial charge >= 0.3 is 15.2 Å². The van der Waals surface area contributed by atoms with E-state index in [1.165, 1.54) is 0 Å². The van der Waals surface area contributed by atoms with Gasteiger partial charge in [0.05, 0.1) is 26.4 Å². The van der Waals surface area contributed by atoms with Gasteiger partial charge < -0.3 is 23.4 Å². The Balaban J connectivity index is 2.94. The third-order valence-corrected chi connectivity index (χ3v) is 9.57. The summed E-state index contributed by atoms with van der Waals surface area (Å²) in [5.74, 6) is 0. The molecule has 0 unspecified atom stereocenters. The average Bonchev–Trinajstić information content (AvgIpc) is 2.63. The van der Waals surface area contributed by atoms with Gasteiger partial charge in [0.1, 0.15) is 0 Å². The number of nitrogens with one attached hydrogen (secondary N) is 1. The van der Waals surface area contributed by atoms with E-state index < -0.39 is 20.6 Å². The lowest BCUT2D eigenvalue weighted by atomic mass is 10.3. The molecule has 0 aromatic carbocycles. The lowest BCUT2D eigenvalue weighted by Gasteiger charge is -2.31. The molecule has 1 aromatic rings. The third kappa shape index (κ3) is 7.74. The maximum atomic E-state index is 13.3. The van der Waals surface area contributed by atoms with Crippen molar-refractivity contribution in [1.82, 2.24) is 10.3 Å². The molecule has 0 aliphatic rings. The van der Waals surface area contributed by atoms with Crippen molar-refractivity contribution in [2.75, 3.05) is 39.5 Å². The zero-order chi connectivity index (χ0) is 20.2. The Kier molecular flexibility index (Phi) is 11.6. The van der Waals surface area contributed by atoms with E-state index in [4.69, 9.17) is 18.1 Å². The molecule has 0 bridgehead atoms. The molecule has 0 aliphatic carbocycles. The molecule has 1 heterocycles. The van der Waals surface area contributed by atoms with Crippen LogP contribution in [0, 0.1) is 0 Å². The van der Waals surface area contributed by atoms with Crippen molar-refractivity contribution in [2.24, 2.45) is 0 Å². The first-order chi connectivity index (χ1) is 13.0. The fraction of sp³-hybridized carbons (Fsp3) is 0.706. The lowest BCUT2D eigenvalue weighted by Crippen LogP contribution is -2.31. The molecule has 1 rings (SSSR count). The number of hydrogen-bond donors (Lipinski definition) is 1. The van der Waals surface area contributed by atoms with Gasteiger partial charge in [-0.2, -0.15) is 0 Å². The summed E-state index contributed by atoms with van der Waals surface area (Å²) in [7, 11) is -7.43. The van der Waals surface area contributed by atoms with E-state index in [-0.39, 0.29) is 33.0 Å². The van der Waals surface area contributed by atoms with Crippen LogP contribution in [0.1, 0.15) is 33.4 Å². The van der Waals surface area contributed by atoms with Gasteiger partial charge in [-0.3, -0.25) is 14.1 Å². The van der Waals surface area contributed by atoms with Gasteiger partial charge in [0, 0.05) is 31.4 Å². The van der Waals surface area contributed by atoms with Gasteiger partial charge in [-0.05, 0) is 39.8 Å². The molecule has 0 saturated carbocycles. The molecule has 1 N–H and O–H groups in total. The van der Waals surface area contributed by atoms with E-state index in [1.807, 2.05) is 18.2 Å². The molecule has 1 aromatic heterocycles. The molecule has 0 spiro atoms. The zero-order valence-corrected chi connectivity index (χ0v) is 18.4. The summed E-state index contributed by atoms with van der Waals surface area (Å²) in [6, 6.07) is 5.70. The van der Waals surface area contributed by atoms with Gasteiger partial charge in [0.25, 0.3) is 0 Å². The van der Waals surface area contributed by atoms with Crippen LogP contribution in [0.2, 0.25) is 0 Å². The third-order valence-electron chi connectivity index (χ3n) is 3.58. The standard InChI is InChI=1S/C17H32N2O6P2/c1-5-22-26(20,23-6-2)17(27(21,24-7-3)25-8-4)15-18-14-12-16-11-9-10-13-19-16/h9-11,13,17-18H,5-8,12,14-15H2,1-4H3. The Bertz CT molecular complexity index is 567. The van der Waals surface area contributed by atoms with Crippen LogP contribution in [0.5, 0.6) is 0 Å². The highest BCUT2D eigenvalue weighted by Crippen LogP contribution is 2.70. The SMILES string of the molecule is CCOP(=O)(OCC)C(CNCCc1ccccn1)P(=O)(OCC)OCC. The van der Waals surface area contributed by atoms with Crippen molar-refractivity contribution in [3.05, 3.63) is 30.1 Å². The van der Waals surface area contributed by atoms with Crippen LogP contribution in [-0.4, -0.2) is 49.9 Å². The van der Waals surface area contributed by atoms with Crippen LogP contribution in [0.3, 0.4) is 0 Å². The molecule has 156 valence electrons. The number of rotatable bonds is 15. The monoisotopic (exact) mass is 422 g/mol. The Morgan fingerprint density at radius 3 is 1.85 bits per heavy atom. The first-order valence-corrected chi connectivity index (χ1v) is 12.6. The summed E-state index contributed by atoms with van der Waals surface area (Å²) >= 11 is 0. The molecule has 0 atom stereocenters. The average molecular weight is 422 g/mol. The molecule has 27 heavy (non-hydrogen) atoms. The summed E-state index contributed by atoms with van der Waals surface area (Å²) in [5, 5.41) is 2.13. The largest absolute Gasteiger partial charge is 0.347 e. The van der Waals surface area contributed by atoms with E-state index in [0.29, 0.717) is 13.0 Å². The lowest BCUT2D eigenvalue weighted by molar-refractivity contribution is 0.194. The number of nitrogens with zero attached hydrogens (tertiary/aromatic N) is 1. The van der Waals surface area contributed by atoms with Crippen molar-refractivity contribution in [3.8, 4) is 0 Å². The maximum absolute atomic E-state index is 13.3. The predicted molar refractivity (Wildman–Crippen MR) is 106 cm³/mol. The number of pyridine rings is 1. The van der Waals surface area contributed by atoms with E-state index in [1.54, 1.807) is 33.9 Å². The van der Waals surface area contributed by atoms with Crippen LogP contribution >= 0.6 is 15.2 Å². The smallest absolute Gasteiger partial charge is 0.315 e. The Morgan fingerprint density at radius 2 is 1.44 bits per heavy atom. The minimum absolute atomic E-state index is 0.112. The van der Waals surface area contributed by atoms with Gasteiger partial charge in [-0.15, -0.1) is 0 Å². The van der Waals surface area contributed by atoms with Gasteiger partial charge in [-0.25, -0.2) is 0 Å². The van der Waals surface area contributed by atoms with Crippen molar-refractivity contribution >= 4 is 15.2 Å². The fourth-order valence-electron chi connectivity index (χ4n) is 2.53. The van der Waals surface area contributed by atoms with E-state index in [9.17, 15) is 9.13 Å². The number of hydrogen-bond acceptors (Lipinski definition) is 8. The second-order valence-corrected chi connectivity index (χ2v) is 10.4. The molecule has 10 heteroatoms. The first-order valence-electron chi connectivity index (χ1n) is 9.33. The van der Waals surface area contributed by atoms with Crippen LogP contribution in [0.4, 0.5) is 0 Å². The Labute approximate surface area is 162 Å². The van der Waals surface area contributed by atoms with E-state index in [2.05, 4.69) is 10.3 Å². The molecule has 0 saturated heterocycles. The van der Waals surface area contributed by atoms with Crippen molar-refractivity contribution in [3.63, 3.8) is 0 Å². The van der Waals surface area contributed by atoms with Crippen LogP contribution in [-0.2, 0) is 33.6 Å². The molecule has 0 radical (unpaired) electrons. The normalized spacial score (nSPS) is 12.6. The maximum Gasteiger partial charge on any atom is 0.347 e. The Hall–Kier alpha value is -0.590. The van der Waals surface area contributed by atoms with Gasteiger partial charge in [-0.1, -0.05) is 6.07 Å². The summed E-state index contributed by atoms with van der Waals surface area (Å²) in [6.07, 6.45) is 2.41. The summed E-state index contributed by atoms with van der Waals surface area (Å²) < 4.78 is 48.4. The second kappa shape index (κ2) is 12.8. The second-order valence-electron chi connectivity index (χ2n) is 5.51. The van der Waals surface area contributed by atoms with Gasteiger partial charge in [0.2, 0.25) is 0 Å². The predicted octanol–water partition coefficient (Wildman–Crippen LogP) is 4.07. The van der Waals surface area contributed by atoms with Crippen LogP contribution in [0.15, 0.2) is 24.4 Å². The first kappa shape index (κ1) is 24.4. The summed E-state index contributed by atoms with van der Waals surface area (Å²) in [4.78, 5) is 4.26. The molecular formula is C17H32N2O6P2. The van der Waals surface area contributed by atoms with Crippen LogP contribution in [0.25, 0.3) is 0 Å². The highest BCUT2D eigenvalue weighted by Gasteiger charge is 2.50. The fourth-order valence-corrected chi connectivity index (χ4v) is 7.70. The van der Waals surface area contributed by atoms with Crippen molar-refractivity contribution in [2.45, 2.75) is 39.5 Å². The Morgan fingerprint density at radius 1 is 0.926 bits per heavy atom. The summed E-state index contributed by atoms with van der Waals surface area (Å²) in [6.45, 7) is 8.19. The quantitative estimate of drug-likeness (QED) is 0.334. The van der Waals surface area contributed by atoms with Crippen LogP contribution < -0.4 is 5.32 Å². The summed E-state index contributed by atoms with van der Waals surface area (Å²) in [5.41, 5.74) is 0.928. The van der Waals surface area contributed by atoms with Crippen molar-refractivity contribution < 1.29 is 27.2 Å².